The number of rotatable bonds is 0. The van der Waals surface area contributed by atoms with Crippen molar-refractivity contribution in [1.82, 2.24) is 4.90 Å². The highest BCUT2D eigenvalue weighted by Gasteiger charge is 2.29. The second-order valence-electron chi connectivity index (χ2n) is 2.11. The van der Waals surface area contributed by atoms with Gasteiger partial charge in [0.2, 0.25) is 5.91 Å². The third-order valence-corrected chi connectivity index (χ3v) is 2.17. The number of hydrogen-bond donors (Lipinski definition) is 0. The highest BCUT2D eigenvalue weighted by molar-refractivity contribution is 8.15. The average Bonchev–Trinajstić information content (AvgIpc) is 1.94. The molecule has 11 heavy (non-hydrogen) atoms. The van der Waals surface area contributed by atoms with Gasteiger partial charge in [-0.1, -0.05) is 11.8 Å². The van der Waals surface area contributed by atoms with E-state index in [2.05, 4.69) is 0 Å². The van der Waals surface area contributed by atoms with Crippen LogP contribution in [-0.4, -0.2) is 34.1 Å². The van der Waals surface area contributed by atoms with Gasteiger partial charge in [0.05, 0.1) is 0 Å². The van der Waals surface area contributed by atoms with Crippen molar-refractivity contribution in [3.63, 3.8) is 0 Å². The molecule has 0 saturated carbocycles. The molecule has 0 aromatic rings. The molecule has 0 aromatic carbocycles. The van der Waals surface area contributed by atoms with Crippen LogP contribution in [0.4, 0.5) is 0 Å². The first kappa shape index (κ1) is 8.26. The van der Waals surface area contributed by atoms with Crippen molar-refractivity contribution in [3.8, 4) is 0 Å². The highest BCUT2D eigenvalue weighted by atomic mass is 32.2. The lowest BCUT2D eigenvalue weighted by molar-refractivity contribution is -0.148. The maximum atomic E-state index is 10.9. The minimum absolute atomic E-state index is 0.352. The third kappa shape index (κ3) is 1.59. The molecule has 1 saturated heterocycles. The summed E-state index contributed by atoms with van der Waals surface area (Å²) >= 11 is 0.965. The van der Waals surface area contributed by atoms with Gasteiger partial charge in [0.1, 0.15) is 0 Å². The van der Waals surface area contributed by atoms with Crippen LogP contribution in [0, 0.1) is 0 Å². The molecule has 60 valence electrons. The molecule has 0 aromatic heterocycles. The van der Waals surface area contributed by atoms with Crippen molar-refractivity contribution in [2.75, 3.05) is 12.3 Å². The molecule has 1 rings (SSSR count). The molecular weight excluding hydrogens is 166 g/mol. The number of imide groups is 1. The number of hydrogen-bond acceptors (Lipinski definition) is 4. The standard InChI is InChI=1S/C6H7NO3S/c1-4(8)7-2-3-11-6(10)5(7)9/h2-3H2,1H3. The largest absolute Gasteiger partial charge is 0.307 e. The number of amides is 2. The first-order valence-electron chi connectivity index (χ1n) is 3.12. The van der Waals surface area contributed by atoms with Crippen molar-refractivity contribution in [1.29, 1.82) is 0 Å². The summed E-state index contributed by atoms with van der Waals surface area (Å²) in [6.45, 7) is 1.63. The Morgan fingerprint density at radius 3 is 2.64 bits per heavy atom. The number of carbonyl (C=O) groups excluding carboxylic acids is 3. The summed E-state index contributed by atoms with van der Waals surface area (Å²) in [6, 6.07) is 0. The van der Waals surface area contributed by atoms with E-state index in [0.717, 1.165) is 16.7 Å². The molecule has 0 aliphatic carbocycles. The van der Waals surface area contributed by atoms with Crippen molar-refractivity contribution < 1.29 is 14.4 Å². The second kappa shape index (κ2) is 3.04. The summed E-state index contributed by atoms with van der Waals surface area (Å²) < 4.78 is 0. The molecule has 1 aliphatic heterocycles. The SMILES string of the molecule is CC(=O)N1CCSC(=O)C1=O. The van der Waals surface area contributed by atoms with Crippen molar-refractivity contribution in [2.24, 2.45) is 0 Å². The van der Waals surface area contributed by atoms with E-state index in [-0.39, 0.29) is 5.91 Å². The fourth-order valence-electron chi connectivity index (χ4n) is 0.804. The normalized spacial score (nSPS) is 18.8. The van der Waals surface area contributed by atoms with E-state index >= 15 is 0 Å². The van der Waals surface area contributed by atoms with Crippen LogP contribution in [-0.2, 0) is 14.4 Å². The molecule has 0 N–H and O–H groups in total. The van der Waals surface area contributed by atoms with Crippen LogP contribution in [0.1, 0.15) is 6.92 Å². The van der Waals surface area contributed by atoms with Crippen LogP contribution >= 0.6 is 11.8 Å². The lowest BCUT2D eigenvalue weighted by Crippen LogP contribution is -2.43. The van der Waals surface area contributed by atoms with Crippen LogP contribution in [0.2, 0.25) is 0 Å². The van der Waals surface area contributed by atoms with Gasteiger partial charge in [-0.15, -0.1) is 0 Å². The van der Waals surface area contributed by atoms with E-state index < -0.39 is 11.0 Å². The van der Waals surface area contributed by atoms with Crippen LogP contribution in [0.3, 0.4) is 0 Å². The number of nitrogens with zero attached hydrogens (tertiary/aromatic N) is 1. The summed E-state index contributed by atoms with van der Waals surface area (Å²) in [7, 11) is 0. The summed E-state index contributed by atoms with van der Waals surface area (Å²) in [4.78, 5) is 33.3. The monoisotopic (exact) mass is 173 g/mol. The topological polar surface area (TPSA) is 54.5 Å². The van der Waals surface area contributed by atoms with Gasteiger partial charge in [0, 0.05) is 19.2 Å². The smallest absolute Gasteiger partial charge is 0.276 e. The second-order valence-corrected chi connectivity index (χ2v) is 3.18. The Bertz CT molecular complexity index is 226. The first-order chi connectivity index (χ1) is 5.13. The van der Waals surface area contributed by atoms with E-state index in [1.54, 1.807) is 0 Å². The summed E-state index contributed by atoms with van der Waals surface area (Å²) in [6.07, 6.45) is 0. The number of thioether (sulfide) groups is 1. The van der Waals surface area contributed by atoms with Crippen LogP contribution in [0.5, 0.6) is 0 Å². The zero-order valence-electron chi connectivity index (χ0n) is 5.99. The molecule has 0 radical (unpaired) electrons. The van der Waals surface area contributed by atoms with Crippen molar-refractivity contribution >= 4 is 28.7 Å². The number of carbonyl (C=O) groups is 3. The zero-order chi connectivity index (χ0) is 8.43. The quantitative estimate of drug-likeness (QED) is 0.469. The molecule has 1 aliphatic rings. The molecule has 2 amide bonds. The Kier molecular flexibility index (Phi) is 2.28. The Labute approximate surface area is 67.9 Å². The molecule has 1 fully saturated rings. The van der Waals surface area contributed by atoms with E-state index in [1.807, 2.05) is 0 Å². The minimum Gasteiger partial charge on any atom is -0.276 e. The molecule has 0 spiro atoms. The Balaban J connectivity index is 2.74. The minimum atomic E-state index is -0.686. The van der Waals surface area contributed by atoms with Crippen LogP contribution in [0.25, 0.3) is 0 Å². The summed E-state index contributed by atoms with van der Waals surface area (Å²) in [5.74, 6) is -0.526. The van der Waals surface area contributed by atoms with Gasteiger partial charge in [0.25, 0.3) is 5.12 Å². The van der Waals surface area contributed by atoms with E-state index in [9.17, 15) is 14.4 Å². The Morgan fingerprint density at radius 2 is 2.18 bits per heavy atom. The first-order valence-corrected chi connectivity index (χ1v) is 4.10. The fourth-order valence-corrected chi connectivity index (χ4v) is 1.50. The molecule has 5 heteroatoms. The molecule has 0 bridgehead atoms. The van der Waals surface area contributed by atoms with Gasteiger partial charge in [-0.2, -0.15) is 0 Å². The predicted molar refractivity (Wildman–Crippen MR) is 39.9 cm³/mol. The van der Waals surface area contributed by atoms with Crippen molar-refractivity contribution in [2.45, 2.75) is 6.92 Å². The van der Waals surface area contributed by atoms with Gasteiger partial charge in [-0.25, -0.2) is 0 Å². The molecular formula is C6H7NO3S. The maximum Gasteiger partial charge on any atom is 0.307 e. The molecule has 4 nitrogen and oxygen atoms in total. The van der Waals surface area contributed by atoms with E-state index in [1.165, 1.54) is 6.92 Å². The lowest BCUT2D eigenvalue weighted by atomic mass is 10.4. The van der Waals surface area contributed by atoms with Gasteiger partial charge >= 0.3 is 5.91 Å². The predicted octanol–water partition coefficient (Wildman–Crippen LogP) is -0.365. The molecule has 1 heterocycles. The van der Waals surface area contributed by atoms with Gasteiger partial charge < -0.3 is 0 Å². The lowest BCUT2D eigenvalue weighted by Gasteiger charge is -2.21. The van der Waals surface area contributed by atoms with Crippen LogP contribution < -0.4 is 0 Å². The summed E-state index contributed by atoms with van der Waals surface area (Å²) in [5.41, 5.74) is 0. The Morgan fingerprint density at radius 1 is 1.55 bits per heavy atom. The zero-order valence-corrected chi connectivity index (χ0v) is 6.81. The van der Waals surface area contributed by atoms with Gasteiger partial charge in [-0.05, 0) is 0 Å². The fraction of sp³-hybridized carbons (Fsp3) is 0.500. The summed E-state index contributed by atoms with van der Waals surface area (Å²) in [5, 5.41) is -0.536. The molecule has 0 unspecified atom stereocenters. The Hall–Kier alpha value is -0.840. The maximum absolute atomic E-state index is 10.9. The third-order valence-electron chi connectivity index (χ3n) is 1.35. The van der Waals surface area contributed by atoms with Crippen molar-refractivity contribution in [3.05, 3.63) is 0 Å². The van der Waals surface area contributed by atoms with Crippen LogP contribution in [0.15, 0.2) is 0 Å². The van der Waals surface area contributed by atoms with E-state index in [0.29, 0.717) is 12.3 Å². The van der Waals surface area contributed by atoms with Gasteiger partial charge in [0.15, 0.2) is 0 Å². The highest BCUT2D eigenvalue weighted by Crippen LogP contribution is 2.12. The van der Waals surface area contributed by atoms with E-state index in [4.69, 9.17) is 0 Å². The van der Waals surface area contributed by atoms with Gasteiger partial charge in [-0.3, -0.25) is 19.3 Å². The molecule has 0 atom stereocenters. The average molecular weight is 173 g/mol.